The first-order valence-electron chi connectivity index (χ1n) is 8.54. The van der Waals surface area contributed by atoms with E-state index in [4.69, 9.17) is 0 Å². The number of nitrogens with zero attached hydrogens (tertiary/aromatic N) is 2. The van der Waals surface area contributed by atoms with Crippen molar-refractivity contribution in [2.45, 2.75) is 45.2 Å². The first kappa shape index (κ1) is 15.3. The van der Waals surface area contributed by atoms with Crippen LogP contribution in [0.25, 0.3) is 0 Å². The summed E-state index contributed by atoms with van der Waals surface area (Å²) in [4.78, 5) is 16.6. The SMILES string of the molecule is Cc1ccccc1CN1CCC(NC(=O)N2CCCC2)CC1. The van der Waals surface area contributed by atoms with Gasteiger partial charge in [0, 0.05) is 38.8 Å². The molecule has 1 aromatic carbocycles. The highest BCUT2D eigenvalue weighted by Gasteiger charge is 2.24. The lowest BCUT2D eigenvalue weighted by atomic mass is 10.0. The van der Waals surface area contributed by atoms with Crippen LogP contribution in [-0.2, 0) is 6.54 Å². The van der Waals surface area contributed by atoms with E-state index in [1.165, 1.54) is 11.1 Å². The van der Waals surface area contributed by atoms with Crippen LogP contribution in [0, 0.1) is 6.92 Å². The van der Waals surface area contributed by atoms with Crippen molar-refractivity contribution in [3.63, 3.8) is 0 Å². The van der Waals surface area contributed by atoms with Gasteiger partial charge in [0.25, 0.3) is 0 Å². The average molecular weight is 301 g/mol. The number of hydrogen-bond donors (Lipinski definition) is 1. The maximum absolute atomic E-state index is 12.1. The zero-order valence-electron chi connectivity index (χ0n) is 13.6. The monoisotopic (exact) mass is 301 g/mol. The van der Waals surface area contributed by atoms with E-state index in [1.54, 1.807) is 0 Å². The molecule has 2 aliphatic rings. The molecule has 0 radical (unpaired) electrons. The quantitative estimate of drug-likeness (QED) is 0.932. The lowest BCUT2D eigenvalue weighted by molar-refractivity contribution is 0.174. The number of benzene rings is 1. The number of rotatable bonds is 3. The first-order chi connectivity index (χ1) is 10.7. The molecular weight excluding hydrogens is 274 g/mol. The van der Waals surface area contributed by atoms with Crippen molar-refractivity contribution in [2.24, 2.45) is 0 Å². The van der Waals surface area contributed by atoms with Crippen molar-refractivity contribution in [1.82, 2.24) is 15.1 Å². The van der Waals surface area contributed by atoms with Gasteiger partial charge >= 0.3 is 6.03 Å². The van der Waals surface area contributed by atoms with E-state index in [0.717, 1.165) is 58.4 Å². The smallest absolute Gasteiger partial charge is 0.317 e. The van der Waals surface area contributed by atoms with Crippen LogP contribution in [0.2, 0.25) is 0 Å². The number of urea groups is 1. The molecule has 1 N–H and O–H groups in total. The molecule has 0 saturated carbocycles. The lowest BCUT2D eigenvalue weighted by Crippen LogP contribution is -2.48. The standard InChI is InChI=1S/C18H27N3O/c1-15-6-2-3-7-16(15)14-20-12-8-17(9-13-20)19-18(22)21-10-4-5-11-21/h2-3,6-7,17H,4-5,8-14H2,1H3,(H,19,22). The normalized spacial score (nSPS) is 20.3. The molecule has 4 heteroatoms. The molecule has 1 aromatic rings. The Kier molecular flexibility index (Phi) is 4.98. The maximum Gasteiger partial charge on any atom is 0.317 e. The molecule has 4 nitrogen and oxygen atoms in total. The second-order valence-electron chi connectivity index (χ2n) is 6.62. The fourth-order valence-electron chi connectivity index (χ4n) is 3.45. The van der Waals surface area contributed by atoms with Crippen molar-refractivity contribution in [2.75, 3.05) is 26.2 Å². The Morgan fingerprint density at radius 1 is 1.14 bits per heavy atom. The Morgan fingerprint density at radius 3 is 2.50 bits per heavy atom. The van der Waals surface area contributed by atoms with Gasteiger partial charge in [0.2, 0.25) is 0 Å². The van der Waals surface area contributed by atoms with Crippen molar-refractivity contribution >= 4 is 6.03 Å². The highest BCUT2D eigenvalue weighted by atomic mass is 16.2. The maximum atomic E-state index is 12.1. The van der Waals surface area contributed by atoms with Gasteiger partial charge in [-0.1, -0.05) is 24.3 Å². The van der Waals surface area contributed by atoms with Gasteiger partial charge < -0.3 is 10.2 Å². The van der Waals surface area contributed by atoms with Crippen LogP contribution in [0.1, 0.15) is 36.8 Å². The number of nitrogens with one attached hydrogen (secondary N) is 1. The molecular formula is C18H27N3O. The summed E-state index contributed by atoms with van der Waals surface area (Å²) in [6, 6.07) is 9.11. The molecule has 2 aliphatic heterocycles. The second-order valence-corrected chi connectivity index (χ2v) is 6.62. The molecule has 22 heavy (non-hydrogen) atoms. The third-order valence-electron chi connectivity index (χ3n) is 4.96. The Labute approximate surface area is 133 Å². The molecule has 0 aliphatic carbocycles. The van der Waals surface area contributed by atoms with Gasteiger partial charge in [-0.25, -0.2) is 4.79 Å². The van der Waals surface area contributed by atoms with Crippen LogP contribution >= 0.6 is 0 Å². The van der Waals surface area contributed by atoms with Crippen molar-refractivity contribution in [3.05, 3.63) is 35.4 Å². The topological polar surface area (TPSA) is 35.6 Å². The van der Waals surface area contributed by atoms with E-state index in [9.17, 15) is 4.79 Å². The molecule has 0 aromatic heterocycles. The predicted molar refractivity (Wildman–Crippen MR) is 88.8 cm³/mol. The predicted octanol–water partition coefficient (Wildman–Crippen LogP) is 2.76. The third-order valence-corrected chi connectivity index (χ3v) is 4.96. The fourth-order valence-corrected chi connectivity index (χ4v) is 3.45. The van der Waals surface area contributed by atoms with E-state index in [-0.39, 0.29) is 6.03 Å². The summed E-state index contributed by atoms with van der Waals surface area (Å²) in [5, 5.41) is 3.22. The largest absolute Gasteiger partial charge is 0.335 e. The second kappa shape index (κ2) is 7.14. The summed E-state index contributed by atoms with van der Waals surface area (Å²) in [6.45, 7) is 7.20. The highest BCUT2D eigenvalue weighted by molar-refractivity contribution is 5.74. The van der Waals surface area contributed by atoms with Gasteiger partial charge in [0.15, 0.2) is 0 Å². The number of hydrogen-bond acceptors (Lipinski definition) is 2. The minimum Gasteiger partial charge on any atom is -0.335 e. The minimum atomic E-state index is 0.148. The molecule has 2 saturated heterocycles. The number of amides is 2. The van der Waals surface area contributed by atoms with Crippen LogP contribution in [0.3, 0.4) is 0 Å². The van der Waals surface area contributed by atoms with Gasteiger partial charge in [0.05, 0.1) is 0 Å². The summed E-state index contributed by atoms with van der Waals surface area (Å²) in [5.74, 6) is 0. The molecule has 2 fully saturated rings. The number of carbonyl (C=O) groups is 1. The minimum absolute atomic E-state index is 0.148. The van der Waals surface area contributed by atoms with E-state index < -0.39 is 0 Å². The summed E-state index contributed by atoms with van der Waals surface area (Å²) < 4.78 is 0. The fraction of sp³-hybridized carbons (Fsp3) is 0.611. The van der Waals surface area contributed by atoms with Gasteiger partial charge in [-0.2, -0.15) is 0 Å². The molecule has 2 heterocycles. The Morgan fingerprint density at radius 2 is 1.82 bits per heavy atom. The van der Waals surface area contributed by atoms with Crippen LogP contribution in [0.4, 0.5) is 4.79 Å². The third kappa shape index (κ3) is 3.80. The number of piperidine rings is 1. The molecule has 0 atom stereocenters. The van der Waals surface area contributed by atoms with Crippen LogP contribution < -0.4 is 5.32 Å². The van der Waals surface area contributed by atoms with Gasteiger partial charge in [-0.15, -0.1) is 0 Å². The van der Waals surface area contributed by atoms with Crippen LogP contribution in [-0.4, -0.2) is 48.1 Å². The Bertz CT molecular complexity index is 503. The summed E-state index contributed by atoms with van der Waals surface area (Å²) in [5.41, 5.74) is 2.79. The number of aryl methyl sites for hydroxylation is 1. The van der Waals surface area contributed by atoms with Gasteiger partial charge in [0.1, 0.15) is 0 Å². The molecule has 0 bridgehead atoms. The zero-order chi connectivity index (χ0) is 15.4. The molecule has 0 unspecified atom stereocenters. The van der Waals surface area contributed by atoms with Gasteiger partial charge in [-0.05, 0) is 43.7 Å². The summed E-state index contributed by atoms with van der Waals surface area (Å²) in [7, 11) is 0. The van der Waals surface area contributed by atoms with Crippen molar-refractivity contribution in [3.8, 4) is 0 Å². The van der Waals surface area contributed by atoms with Crippen LogP contribution in [0.5, 0.6) is 0 Å². The Balaban J connectivity index is 1.44. The van der Waals surface area contributed by atoms with Crippen LogP contribution in [0.15, 0.2) is 24.3 Å². The number of likely N-dealkylation sites (tertiary alicyclic amines) is 2. The lowest BCUT2D eigenvalue weighted by Gasteiger charge is -2.33. The van der Waals surface area contributed by atoms with Gasteiger partial charge in [-0.3, -0.25) is 4.90 Å². The zero-order valence-corrected chi connectivity index (χ0v) is 13.6. The van der Waals surface area contributed by atoms with E-state index in [2.05, 4.69) is 41.4 Å². The molecule has 2 amide bonds. The van der Waals surface area contributed by atoms with E-state index in [0.29, 0.717) is 6.04 Å². The summed E-state index contributed by atoms with van der Waals surface area (Å²) in [6.07, 6.45) is 4.43. The van der Waals surface area contributed by atoms with E-state index >= 15 is 0 Å². The summed E-state index contributed by atoms with van der Waals surface area (Å²) >= 11 is 0. The first-order valence-corrected chi connectivity index (χ1v) is 8.54. The average Bonchev–Trinajstić information content (AvgIpc) is 3.06. The molecule has 0 spiro atoms. The van der Waals surface area contributed by atoms with Crippen molar-refractivity contribution < 1.29 is 4.79 Å². The molecule has 3 rings (SSSR count). The Hall–Kier alpha value is -1.55. The molecule has 120 valence electrons. The number of carbonyl (C=O) groups excluding carboxylic acids is 1. The highest BCUT2D eigenvalue weighted by Crippen LogP contribution is 2.17. The van der Waals surface area contributed by atoms with E-state index in [1.807, 2.05) is 4.90 Å². The van der Waals surface area contributed by atoms with Crippen molar-refractivity contribution in [1.29, 1.82) is 0 Å².